The molecular formula is C33H36N8O3. The summed E-state index contributed by atoms with van der Waals surface area (Å²) in [4.78, 5) is 16.5. The molecule has 4 aromatic rings. The van der Waals surface area contributed by atoms with Gasteiger partial charge >= 0.3 is 0 Å². The van der Waals surface area contributed by atoms with Gasteiger partial charge in [-0.2, -0.15) is 10.4 Å². The highest BCUT2D eigenvalue weighted by atomic mass is 16.5. The second-order valence-electron chi connectivity index (χ2n) is 12.8. The maximum absolute atomic E-state index is 9.97. The number of hydrogen-bond acceptors (Lipinski definition) is 10. The van der Waals surface area contributed by atoms with Gasteiger partial charge in [-0.1, -0.05) is 6.07 Å². The lowest BCUT2D eigenvalue weighted by Crippen LogP contribution is -2.69. The van der Waals surface area contributed by atoms with E-state index in [0.717, 1.165) is 68.0 Å². The second kappa shape index (κ2) is 11.0. The number of piperidine rings is 1. The van der Waals surface area contributed by atoms with E-state index < -0.39 is 0 Å². The normalized spacial score (nSPS) is 26.4. The zero-order chi connectivity index (χ0) is 29.8. The van der Waals surface area contributed by atoms with E-state index in [9.17, 15) is 10.4 Å². The minimum absolute atomic E-state index is 0.148. The minimum Gasteiger partial charge on any atom is -0.481 e. The van der Waals surface area contributed by atoms with Gasteiger partial charge in [-0.3, -0.25) is 9.80 Å². The first-order valence-corrected chi connectivity index (χ1v) is 15.5. The third-order valence-electron chi connectivity index (χ3n) is 9.93. The number of nitriles is 1. The van der Waals surface area contributed by atoms with Gasteiger partial charge in [-0.05, 0) is 54.9 Å². The molecule has 0 spiro atoms. The summed E-state index contributed by atoms with van der Waals surface area (Å²) in [6, 6.07) is 13.4. The van der Waals surface area contributed by atoms with E-state index in [2.05, 4.69) is 49.1 Å². The fourth-order valence-corrected chi connectivity index (χ4v) is 7.90. The van der Waals surface area contributed by atoms with Crippen LogP contribution in [0.4, 0.5) is 5.82 Å². The Labute approximate surface area is 256 Å². The quantitative estimate of drug-likeness (QED) is 0.327. The molecule has 1 saturated carbocycles. The Kier molecular flexibility index (Phi) is 6.85. The number of nitrogens with zero attached hydrogens (tertiary/aromatic N) is 8. The molecule has 0 amide bonds. The van der Waals surface area contributed by atoms with E-state index >= 15 is 0 Å². The Hall–Kier alpha value is -4.24. The van der Waals surface area contributed by atoms with Crippen LogP contribution in [-0.4, -0.2) is 92.7 Å². The molecule has 226 valence electrons. The van der Waals surface area contributed by atoms with Gasteiger partial charge in [0, 0.05) is 74.4 Å². The van der Waals surface area contributed by atoms with Crippen LogP contribution < -0.4 is 14.4 Å². The molecule has 4 aliphatic heterocycles. The monoisotopic (exact) mass is 592 g/mol. The molecule has 0 radical (unpaired) electrons. The number of rotatable bonds is 8. The number of pyridine rings is 3. The van der Waals surface area contributed by atoms with Gasteiger partial charge in [-0.25, -0.2) is 14.5 Å². The van der Waals surface area contributed by atoms with Gasteiger partial charge in [0.1, 0.15) is 24.4 Å². The summed E-state index contributed by atoms with van der Waals surface area (Å²) >= 11 is 0. The van der Waals surface area contributed by atoms with Crippen molar-refractivity contribution in [2.24, 2.45) is 11.8 Å². The summed E-state index contributed by atoms with van der Waals surface area (Å²) in [5.74, 6) is 3.44. The van der Waals surface area contributed by atoms with Gasteiger partial charge in [0.25, 0.3) is 0 Å². The summed E-state index contributed by atoms with van der Waals surface area (Å²) in [6.45, 7) is 5.27. The Bertz CT molecular complexity index is 1680. The van der Waals surface area contributed by atoms with Gasteiger partial charge in [0.05, 0.1) is 36.7 Å². The molecule has 8 heterocycles. The first-order chi connectivity index (χ1) is 21.5. The van der Waals surface area contributed by atoms with Crippen molar-refractivity contribution in [3.8, 4) is 28.8 Å². The molecule has 4 aromatic heterocycles. The predicted octanol–water partition coefficient (Wildman–Crippen LogP) is 3.17. The van der Waals surface area contributed by atoms with Crippen molar-refractivity contribution in [1.82, 2.24) is 29.4 Å². The van der Waals surface area contributed by atoms with Gasteiger partial charge in [0.2, 0.25) is 5.88 Å². The molecule has 4 unspecified atom stereocenters. The first-order valence-electron chi connectivity index (χ1n) is 15.5. The number of anilines is 1. The summed E-state index contributed by atoms with van der Waals surface area (Å²) in [7, 11) is 1.64. The lowest BCUT2D eigenvalue weighted by atomic mass is 9.87. The van der Waals surface area contributed by atoms with Crippen molar-refractivity contribution in [2.45, 2.75) is 44.0 Å². The summed E-state index contributed by atoms with van der Waals surface area (Å²) in [6.07, 6.45) is 10.1. The fourth-order valence-electron chi connectivity index (χ4n) is 7.90. The molecule has 5 aliphatic rings. The average molecular weight is 593 g/mol. The van der Waals surface area contributed by atoms with Crippen LogP contribution in [-0.2, 0) is 6.54 Å². The van der Waals surface area contributed by atoms with E-state index in [1.807, 2.05) is 30.7 Å². The number of aliphatic hydroxyl groups is 1. The standard InChI is InChI=1S/C33H36N8O3/c1-43-32-5-2-21(11-36-32)14-38-17-26-8-27(18-38)41(26)31-4-3-22(12-35-31)30-9-29(19-40-33(30)25(10-34)13-37-40)44-20-39-15-23-6-28(42)7-24(23)16-39/h2-5,9,11-13,19,23-24,26-28,42H,6-8,14-18,20H2,1H3. The Morgan fingerprint density at radius 3 is 2.45 bits per heavy atom. The lowest BCUT2D eigenvalue weighted by Gasteiger charge is -2.57. The minimum atomic E-state index is -0.148. The molecule has 4 atom stereocenters. The molecule has 11 heteroatoms. The fraction of sp³-hybridized carbons (Fsp3) is 0.455. The zero-order valence-corrected chi connectivity index (χ0v) is 24.8. The van der Waals surface area contributed by atoms with Crippen LogP contribution in [0.25, 0.3) is 16.6 Å². The molecule has 9 rings (SSSR count). The van der Waals surface area contributed by atoms with Crippen LogP contribution in [0.5, 0.6) is 11.6 Å². The van der Waals surface area contributed by atoms with E-state index in [0.29, 0.717) is 47.8 Å². The van der Waals surface area contributed by atoms with Gasteiger partial charge in [0.15, 0.2) is 0 Å². The number of methoxy groups -OCH3 is 1. The molecule has 1 aliphatic carbocycles. The highest BCUT2D eigenvalue weighted by molar-refractivity contribution is 5.85. The number of fused-ring (bicyclic) bond motifs is 4. The summed E-state index contributed by atoms with van der Waals surface area (Å²) < 4.78 is 13.2. The van der Waals surface area contributed by atoms with Gasteiger partial charge < -0.3 is 19.5 Å². The van der Waals surface area contributed by atoms with Crippen molar-refractivity contribution in [2.75, 3.05) is 44.9 Å². The molecule has 5 fully saturated rings. The third-order valence-corrected chi connectivity index (χ3v) is 9.93. The van der Waals surface area contributed by atoms with Crippen molar-refractivity contribution >= 4 is 11.3 Å². The van der Waals surface area contributed by atoms with Crippen LogP contribution in [0.1, 0.15) is 30.4 Å². The van der Waals surface area contributed by atoms with Crippen molar-refractivity contribution in [3.63, 3.8) is 0 Å². The molecule has 2 bridgehead atoms. The van der Waals surface area contributed by atoms with Crippen LogP contribution >= 0.6 is 0 Å². The maximum atomic E-state index is 9.97. The van der Waals surface area contributed by atoms with E-state index in [-0.39, 0.29) is 6.10 Å². The summed E-state index contributed by atoms with van der Waals surface area (Å²) in [5, 5.41) is 24.2. The molecule has 0 aromatic carbocycles. The lowest BCUT2D eigenvalue weighted by molar-refractivity contribution is 0.107. The SMILES string of the molecule is COc1ccc(CN2CC3CC(C2)N3c2ccc(-c3cc(OCN4CC5CC(O)CC5C4)cn4ncc(C#N)c34)cn2)cn1. The first kappa shape index (κ1) is 27.3. The van der Waals surface area contributed by atoms with Gasteiger partial charge in [-0.15, -0.1) is 0 Å². The van der Waals surface area contributed by atoms with Crippen molar-refractivity contribution < 1.29 is 14.6 Å². The zero-order valence-electron chi connectivity index (χ0n) is 24.8. The Morgan fingerprint density at radius 1 is 0.955 bits per heavy atom. The smallest absolute Gasteiger partial charge is 0.212 e. The Morgan fingerprint density at radius 2 is 1.77 bits per heavy atom. The van der Waals surface area contributed by atoms with E-state index in [1.165, 1.54) is 12.0 Å². The Balaban J connectivity index is 0.970. The van der Waals surface area contributed by atoms with Crippen molar-refractivity contribution in [3.05, 3.63) is 66.2 Å². The highest BCUT2D eigenvalue weighted by Gasteiger charge is 2.45. The molecule has 1 N–H and O–H groups in total. The predicted molar refractivity (Wildman–Crippen MR) is 163 cm³/mol. The number of piperazine rings is 1. The second-order valence-corrected chi connectivity index (χ2v) is 12.8. The van der Waals surface area contributed by atoms with E-state index in [1.54, 1.807) is 17.8 Å². The molecule has 44 heavy (non-hydrogen) atoms. The number of ether oxygens (including phenoxy) is 2. The van der Waals surface area contributed by atoms with Crippen LogP contribution in [0.2, 0.25) is 0 Å². The maximum Gasteiger partial charge on any atom is 0.212 e. The van der Waals surface area contributed by atoms with Crippen molar-refractivity contribution in [1.29, 1.82) is 5.26 Å². The number of aliphatic hydroxyl groups excluding tert-OH is 1. The van der Waals surface area contributed by atoms with E-state index in [4.69, 9.17) is 14.5 Å². The van der Waals surface area contributed by atoms with Crippen LogP contribution in [0.3, 0.4) is 0 Å². The van der Waals surface area contributed by atoms with Crippen LogP contribution in [0.15, 0.2) is 55.1 Å². The molecule has 4 saturated heterocycles. The summed E-state index contributed by atoms with van der Waals surface area (Å²) in [5.41, 5.74) is 4.26. The molecule has 11 nitrogen and oxygen atoms in total. The number of hydrogen-bond donors (Lipinski definition) is 1. The topological polar surface area (TPSA) is 115 Å². The number of likely N-dealkylation sites (tertiary alicyclic amines) is 1. The highest BCUT2D eigenvalue weighted by Crippen LogP contribution is 2.39. The number of aromatic nitrogens is 4. The molecular weight excluding hydrogens is 556 g/mol. The third kappa shape index (κ3) is 4.93. The average Bonchev–Trinajstić information content (AvgIpc) is 3.73. The largest absolute Gasteiger partial charge is 0.481 e. The van der Waals surface area contributed by atoms with Crippen LogP contribution in [0, 0.1) is 23.2 Å².